The number of benzene rings is 2. The molecule has 0 spiro atoms. The lowest BCUT2D eigenvalue weighted by molar-refractivity contribution is -0.125. The molecule has 1 N–H and O–H groups in total. The zero-order valence-electron chi connectivity index (χ0n) is 16.2. The van der Waals surface area contributed by atoms with Gasteiger partial charge in [0.2, 0.25) is 5.91 Å². The summed E-state index contributed by atoms with van der Waals surface area (Å²) in [5, 5.41) is 2.87. The van der Waals surface area contributed by atoms with Gasteiger partial charge in [0.25, 0.3) is 5.91 Å². The number of fused-ring (bicyclic) bond motifs is 2. The maximum atomic E-state index is 12.7. The van der Waals surface area contributed by atoms with E-state index in [1.165, 1.54) is 6.20 Å². The molecule has 0 saturated carbocycles. The van der Waals surface area contributed by atoms with Crippen molar-refractivity contribution in [3.8, 4) is 0 Å². The Morgan fingerprint density at radius 2 is 1.82 bits per heavy atom. The molecule has 1 aromatic heterocycles. The molecule has 0 radical (unpaired) electrons. The van der Waals surface area contributed by atoms with E-state index in [2.05, 4.69) is 15.3 Å². The molecule has 28 heavy (non-hydrogen) atoms. The monoisotopic (exact) mass is 374 g/mol. The first kappa shape index (κ1) is 18.1. The fourth-order valence-electron chi connectivity index (χ4n) is 3.33. The third-order valence-electron chi connectivity index (χ3n) is 4.81. The number of para-hydroxylation sites is 2. The average molecular weight is 374 g/mol. The van der Waals surface area contributed by atoms with Crippen molar-refractivity contribution in [3.05, 3.63) is 59.9 Å². The molecule has 1 aliphatic heterocycles. The van der Waals surface area contributed by atoms with Crippen LogP contribution in [-0.4, -0.2) is 28.3 Å². The van der Waals surface area contributed by atoms with E-state index < -0.39 is 5.41 Å². The maximum Gasteiger partial charge on any atom is 0.275 e. The summed E-state index contributed by atoms with van der Waals surface area (Å²) in [6, 6.07) is 13.1. The lowest BCUT2D eigenvalue weighted by Crippen LogP contribution is -2.38. The van der Waals surface area contributed by atoms with Gasteiger partial charge < -0.3 is 10.2 Å². The Hall–Kier alpha value is -3.28. The Morgan fingerprint density at radius 1 is 1.07 bits per heavy atom. The molecule has 0 bridgehead atoms. The average Bonchev–Trinajstić information content (AvgIpc) is 3.09. The van der Waals surface area contributed by atoms with E-state index >= 15 is 0 Å². The molecule has 4 rings (SSSR count). The third kappa shape index (κ3) is 3.33. The fourth-order valence-corrected chi connectivity index (χ4v) is 3.33. The quantitative estimate of drug-likeness (QED) is 0.740. The van der Waals surface area contributed by atoms with Crippen molar-refractivity contribution in [1.29, 1.82) is 0 Å². The molecule has 142 valence electrons. The molecule has 2 amide bonds. The van der Waals surface area contributed by atoms with Crippen LogP contribution in [0.4, 0.5) is 11.4 Å². The Kier molecular flexibility index (Phi) is 4.34. The first-order valence-electron chi connectivity index (χ1n) is 9.31. The van der Waals surface area contributed by atoms with Crippen LogP contribution in [0.25, 0.3) is 11.0 Å². The second-order valence-electron chi connectivity index (χ2n) is 8.00. The van der Waals surface area contributed by atoms with Crippen LogP contribution in [0.15, 0.2) is 48.7 Å². The Balaban J connectivity index is 1.59. The van der Waals surface area contributed by atoms with Crippen LogP contribution >= 0.6 is 0 Å². The van der Waals surface area contributed by atoms with Crippen molar-refractivity contribution < 1.29 is 9.59 Å². The van der Waals surface area contributed by atoms with Gasteiger partial charge in [0.05, 0.1) is 17.2 Å². The summed E-state index contributed by atoms with van der Waals surface area (Å²) in [6.07, 6.45) is 2.29. The molecule has 2 heterocycles. The van der Waals surface area contributed by atoms with Crippen molar-refractivity contribution in [1.82, 2.24) is 9.97 Å². The number of amides is 2. The summed E-state index contributed by atoms with van der Waals surface area (Å²) >= 11 is 0. The van der Waals surface area contributed by atoms with E-state index in [0.717, 1.165) is 23.2 Å². The number of aromatic nitrogens is 2. The minimum absolute atomic E-state index is 0.0788. The molecule has 2 aromatic carbocycles. The van der Waals surface area contributed by atoms with Crippen molar-refractivity contribution in [2.45, 2.75) is 27.2 Å². The second kappa shape index (κ2) is 6.71. The predicted octanol–water partition coefficient (Wildman–Crippen LogP) is 3.82. The minimum Gasteiger partial charge on any atom is -0.321 e. The van der Waals surface area contributed by atoms with E-state index in [1.807, 2.05) is 63.2 Å². The van der Waals surface area contributed by atoms with Gasteiger partial charge in [0, 0.05) is 23.3 Å². The SMILES string of the molecule is CC(C)(C)C(=O)N1CCc2ccc(NC(=O)c3cnc4ccccc4n3)cc21. The van der Waals surface area contributed by atoms with Gasteiger partial charge in [0.1, 0.15) is 5.69 Å². The largest absolute Gasteiger partial charge is 0.321 e. The van der Waals surface area contributed by atoms with Crippen LogP contribution in [0.3, 0.4) is 0 Å². The molecule has 1 aliphatic rings. The van der Waals surface area contributed by atoms with Gasteiger partial charge in [0.15, 0.2) is 0 Å². The molecule has 6 nitrogen and oxygen atoms in total. The van der Waals surface area contributed by atoms with Crippen LogP contribution in [0, 0.1) is 5.41 Å². The molecule has 6 heteroatoms. The zero-order valence-corrected chi connectivity index (χ0v) is 16.2. The number of nitrogens with zero attached hydrogens (tertiary/aromatic N) is 3. The molecular formula is C22H22N4O2. The highest BCUT2D eigenvalue weighted by molar-refractivity contribution is 6.04. The summed E-state index contributed by atoms with van der Waals surface area (Å²) in [5.74, 6) is -0.250. The first-order chi connectivity index (χ1) is 13.3. The van der Waals surface area contributed by atoms with Crippen molar-refractivity contribution in [2.75, 3.05) is 16.8 Å². The van der Waals surface area contributed by atoms with E-state index in [4.69, 9.17) is 0 Å². The topological polar surface area (TPSA) is 75.2 Å². The molecule has 0 aliphatic carbocycles. The Bertz CT molecular complexity index is 1090. The van der Waals surface area contributed by atoms with Gasteiger partial charge in [-0.2, -0.15) is 0 Å². The van der Waals surface area contributed by atoms with Crippen LogP contribution in [0.1, 0.15) is 36.8 Å². The first-order valence-corrected chi connectivity index (χ1v) is 9.31. The number of hydrogen-bond donors (Lipinski definition) is 1. The smallest absolute Gasteiger partial charge is 0.275 e. The Labute approximate surface area is 163 Å². The number of hydrogen-bond acceptors (Lipinski definition) is 4. The van der Waals surface area contributed by atoms with E-state index in [9.17, 15) is 9.59 Å². The molecule has 3 aromatic rings. The Morgan fingerprint density at radius 3 is 2.57 bits per heavy atom. The van der Waals surface area contributed by atoms with Crippen LogP contribution < -0.4 is 10.2 Å². The number of rotatable bonds is 2. The van der Waals surface area contributed by atoms with Crippen molar-refractivity contribution in [2.24, 2.45) is 5.41 Å². The van der Waals surface area contributed by atoms with E-state index in [0.29, 0.717) is 17.7 Å². The summed E-state index contributed by atoms with van der Waals surface area (Å²) < 4.78 is 0. The summed E-state index contributed by atoms with van der Waals surface area (Å²) in [4.78, 5) is 35.8. The number of nitrogens with one attached hydrogen (secondary N) is 1. The van der Waals surface area contributed by atoms with Gasteiger partial charge in [-0.3, -0.25) is 14.6 Å². The third-order valence-corrected chi connectivity index (χ3v) is 4.81. The lowest BCUT2D eigenvalue weighted by atomic mass is 9.94. The van der Waals surface area contributed by atoms with Gasteiger partial charge >= 0.3 is 0 Å². The fraction of sp³-hybridized carbons (Fsp3) is 0.273. The standard InChI is InChI=1S/C22H22N4O2/c1-22(2,3)21(28)26-11-10-14-8-9-15(12-19(14)26)24-20(27)18-13-23-16-6-4-5-7-17(16)25-18/h4-9,12-13H,10-11H2,1-3H3,(H,24,27). The summed E-state index contributed by atoms with van der Waals surface area (Å²) in [5.41, 5.74) is 3.82. The van der Waals surface area contributed by atoms with Crippen LogP contribution in [0.5, 0.6) is 0 Å². The van der Waals surface area contributed by atoms with Crippen molar-refractivity contribution >= 4 is 34.2 Å². The van der Waals surface area contributed by atoms with Crippen LogP contribution in [0.2, 0.25) is 0 Å². The molecule has 0 unspecified atom stereocenters. The molecule has 0 atom stereocenters. The van der Waals surface area contributed by atoms with Gasteiger partial charge in [-0.15, -0.1) is 0 Å². The van der Waals surface area contributed by atoms with Crippen molar-refractivity contribution in [3.63, 3.8) is 0 Å². The highest BCUT2D eigenvalue weighted by Crippen LogP contribution is 2.34. The van der Waals surface area contributed by atoms with Gasteiger partial charge in [-0.05, 0) is 36.2 Å². The maximum absolute atomic E-state index is 12.7. The highest BCUT2D eigenvalue weighted by Gasteiger charge is 2.32. The van der Waals surface area contributed by atoms with Gasteiger partial charge in [-0.25, -0.2) is 4.98 Å². The lowest BCUT2D eigenvalue weighted by Gasteiger charge is -2.26. The van der Waals surface area contributed by atoms with E-state index in [1.54, 1.807) is 4.90 Å². The zero-order chi connectivity index (χ0) is 19.9. The van der Waals surface area contributed by atoms with E-state index in [-0.39, 0.29) is 17.5 Å². The summed E-state index contributed by atoms with van der Waals surface area (Å²) in [7, 11) is 0. The van der Waals surface area contributed by atoms with Gasteiger partial charge in [-0.1, -0.05) is 39.0 Å². The number of anilines is 2. The second-order valence-corrected chi connectivity index (χ2v) is 8.00. The number of carbonyl (C=O) groups is 2. The molecular weight excluding hydrogens is 352 g/mol. The van der Waals surface area contributed by atoms with Crippen LogP contribution in [-0.2, 0) is 11.2 Å². The molecule has 0 saturated heterocycles. The molecule has 0 fully saturated rings. The highest BCUT2D eigenvalue weighted by atomic mass is 16.2. The normalized spacial score (nSPS) is 13.5. The minimum atomic E-state index is -0.457. The number of carbonyl (C=O) groups excluding carboxylic acids is 2. The summed E-state index contributed by atoms with van der Waals surface area (Å²) in [6.45, 7) is 6.41. The predicted molar refractivity (Wildman–Crippen MR) is 109 cm³/mol.